The van der Waals surface area contributed by atoms with Crippen LogP contribution < -0.4 is 15.4 Å². The van der Waals surface area contributed by atoms with E-state index in [1.807, 2.05) is 6.92 Å². The lowest BCUT2D eigenvalue weighted by Gasteiger charge is -2.39. The molecule has 0 aliphatic carbocycles. The van der Waals surface area contributed by atoms with Crippen molar-refractivity contribution in [3.63, 3.8) is 0 Å². The van der Waals surface area contributed by atoms with Crippen molar-refractivity contribution in [1.29, 1.82) is 0 Å². The second-order valence-electron chi connectivity index (χ2n) is 4.11. The van der Waals surface area contributed by atoms with Gasteiger partial charge in [-0.15, -0.1) is 0 Å². The van der Waals surface area contributed by atoms with Gasteiger partial charge in [0.15, 0.2) is 0 Å². The molecule has 86 valence electrons. The topological polar surface area (TPSA) is 63.2 Å². The summed E-state index contributed by atoms with van der Waals surface area (Å²) in [5.41, 5.74) is 0.252. The molecule has 1 aromatic rings. The SMILES string of the molecule is CNC(=O)c1ccc(OC2(C)CNC2)cn1. The van der Waals surface area contributed by atoms with Crippen LogP contribution >= 0.6 is 0 Å². The van der Waals surface area contributed by atoms with E-state index in [0.717, 1.165) is 13.1 Å². The van der Waals surface area contributed by atoms with Crippen LogP contribution in [0.25, 0.3) is 0 Å². The zero-order valence-electron chi connectivity index (χ0n) is 9.41. The number of pyridine rings is 1. The fourth-order valence-electron chi connectivity index (χ4n) is 1.54. The highest BCUT2D eigenvalue weighted by atomic mass is 16.5. The van der Waals surface area contributed by atoms with Gasteiger partial charge in [-0.2, -0.15) is 0 Å². The van der Waals surface area contributed by atoms with Gasteiger partial charge in [0.05, 0.1) is 6.20 Å². The first kappa shape index (κ1) is 10.9. The number of amides is 1. The minimum Gasteiger partial charge on any atom is -0.483 e. The highest BCUT2D eigenvalue weighted by Crippen LogP contribution is 2.20. The molecule has 2 heterocycles. The Balaban J connectivity index is 2.04. The van der Waals surface area contributed by atoms with Crippen molar-refractivity contribution >= 4 is 5.91 Å². The lowest BCUT2D eigenvalue weighted by atomic mass is 10.0. The molecule has 1 saturated heterocycles. The monoisotopic (exact) mass is 221 g/mol. The third-order valence-electron chi connectivity index (χ3n) is 2.56. The number of hydrogen-bond donors (Lipinski definition) is 2. The minimum atomic E-state index is -0.192. The summed E-state index contributed by atoms with van der Waals surface area (Å²) in [6, 6.07) is 3.42. The smallest absolute Gasteiger partial charge is 0.269 e. The van der Waals surface area contributed by atoms with Crippen LogP contribution in [0, 0.1) is 0 Å². The molecule has 2 N–H and O–H groups in total. The molecule has 0 aromatic carbocycles. The third kappa shape index (κ3) is 2.14. The number of nitrogens with one attached hydrogen (secondary N) is 2. The molecule has 2 rings (SSSR count). The molecule has 1 amide bonds. The maximum Gasteiger partial charge on any atom is 0.269 e. The molecule has 0 unspecified atom stereocenters. The number of aromatic nitrogens is 1. The lowest BCUT2D eigenvalue weighted by molar-refractivity contribution is 0.0345. The van der Waals surface area contributed by atoms with Gasteiger partial charge in [-0.3, -0.25) is 4.79 Å². The largest absolute Gasteiger partial charge is 0.483 e. The Bertz CT molecular complexity index is 385. The van der Waals surface area contributed by atoms with Crippen LogP contribution in [0.2, 0.25) is 0 Å². The van der Waals surface area contributed by atoms with Crippen LogP contribution in [0.3, 0.4) is 0 Å². The highest BCUT2D eigenvalue weighted by Gasteiger charge is 2.33. The van der Waals surface area contributed by atoms with Crippen LogP contribution in [-0.4, -0.2) is 36.6 Å². The van der Waals surface area contributed by atoms with Crippen molar-refractivity contribution in [1.82, 2.24) is 15.6 Å². The summed E-state index contributed by atoms with van der Waals surface area (Å²) < 4.78 is 5.75. The van der Waals surface area contributed by atoms with Crippen molar-refractivity contribution in [3.05, 3.63) is 24.0 Å². The Hall–Kier alpha value is -1.62. The molecule has 0 spiro atoms. The number of carbonyl (C=O) groups is 1. The molecule has 5 heteroatoms. The molecular weight excluding hydrogens is 206 g/mol. The first-order valence-electron chi connectivity index (χ1n) is 5.21. The highest BCUT2D eigenvalue weighted by molar-refractivity contribution is 5.91. The van der Waals surface area contributed by atoms with Gasteiger partial charge < -0.3 is 15.4 Å². The summed E-state index contributed by atoms with van der Waals surface area (Å²) in [6.07, 6.45) is 1.58. The molecule has 1 fully saturated rings. The summed E-state index contributed by atoms with van der Waals surface area (Å²) in [5, 5.41) is 5.67. The van der Waals surface area contributed by atoms with E-state index in [-0.39, 0.29) is 11.5 Å². The first-order chi connectivity index (χ1) is 7.63. The summed E-state index contributed by atoms with van der Waals surface area (Å²) in [5.74, 6) is 0.500. The molecule has 0 saturated carbocycles. The molecule has 5 nitrogen and oxygen atoms in total. The second-order valence-corrected chi connectivity index (χ2v) is 4.11. The fraction of sp³-hybridized carbons (Fsp3) is 0.455. The first-order valence-corrected chi connectivity index (χ1v) is 5.21. The fourth-order valence-corrected chi connectivity index (χ4v) is 1.54. The zero-order chi connectivity index (χ0) is 11.6. The zero-order valence-corrected chi connectivity index (χ0v) is 9.41. The predicted octanol–water partition coefficient (Wildman–Crippen LogP) is 0.182. The van der Waals surface area contributed by atoms with Gasteiger partial charge in [0, 0.05) is 20.1 Å². The van der Waals surface area contributed by atoms with Crippen molar-refractivity contribution in [2.75, 3.05) is 20.1 Å². The van der Waals surface area contributed by atoms with Crippen molar-refractivity contribution in [3.8, 4) is 5.75 Å². The molecular formula is C11H15N3O2. The minimum absolute atomic E-state index is 0.143. The predicted molar refractivity (Wildman–Crippen MR) is 59.5 cm³/mol. The summed E-state index contributed by atoms with van der Waals surface area (Å²) >= 11 is 0. The van der Waals surface area contributed by atoms with Crippen molar-refractivity contribution < 1.29 is 9.53 Å². The Morgan fingerprint density at radius 3 is 2.75 bits per heavy atom. The standard InChI is InChI=1S/C11H15N3O2/c1-11(6-13-7-11)16-8-3-4-9(14-5-8)10(15)12-2/h3-5,13H,6-7H2,1-2H3,(H,12,15). The van der Waals surface area contributed by atoms with Gasteiger partial charge in [0.1, 0.15) is 17.0 Å². The van der Waals surface area contributed by atoms with Gasteiger partial charge in [0.25, 0.3) is 5.91 Å². The van der Waals surface area contributed by atoms with Crippen LogP contribution in [-0.2, 0) is 0 Å². The molecule has 1 aliphatic heterocycles. The van der Waals surface area contributed by atoms with E-state index in [0.29, 0.717) is 11.4 Å². The Morgan fingerprint density at radius 2 is 2.31 bits per heavy atom. The summed E-state index contributed by atoms with van der Waals surface area (Å²) in [7, 11) is 1.58. The van der Waals surface area contributed by atoms with Gasteiger partial charge in [-0.1, -0.05) is 0 Å². The average molecular weight is 221 g/mol. The molecule has 0 bridgehead atoms. The van der Waals surface area contributed by atoms with E-state index in [9.17, 15) is 4.79 Å². The van der Waals surface area contributed by atoms with E-state index in [1.165, 1.54) is 0 Å². The average Bonchev–Trinajstić information content (AvgIpc) is 2.27. The van der Waals surface area contributed by atoms with E-state index in [1.54, 1.807) is 25.4 Å². The number of ether oxygens (including phenoxy) is 1. The van der Waals surface area contributed by atoms with Crippen LogP contribution in [0.4, 0.5) is 0 Å². The number of hydrogen-bond acceptors (Lipinski definition) is 4. The summed E-state index contributed by atoms with van der Waals surface area (Å²) in [4.78, 5) is 15.3. The maximum absolute atomic E-state index is 11.3. The van der Waals surface area contributed by atoms with E-state index in [4.69, 9.17) is 4.74 Å². The Labute approximate surface area is 94.2 Å². The number of nitrogens with zero attached hydrogens (tertiary/aromatic N) is 1. The third-order valence-corrected chi connectivity index (χ3v) is 2.56. The summed E-state index contributed by atoms with van der Waals surface area (Å²) in [6.45, 7) is 3.71. The molecule has 1 aromatic heterocycles. The van der Waals surface area contributed by atoms with E-state index in [2.05, 4.69) is 15.6 Å². The number of rotatable bonds is 3. The quantitative estimate of drug-likeness (QED) is 0.764. The lowest BCUT2D eigenvalue weighted by Crippen LogP contribution is -2.61. The molecule has 1 aliphatic rings. The van der Waals surface area contributed by atoms with Crippen LogP contribution in [0.1, 0.15) is 17.4 Å². The van der Waals surface area contributed by atoms with Gasteiger partial charge in [-0.25, -0.2) is 4.98 Å². The van der Waals surface area contributed by atoms with Crippen LogP contribution in [0.15, 0.2) is 18.3 Å². The van der Waals surface area contributed by atoms with Gasteiger partial charge in [-0.05, 0) is 19.1 Å². The molecule has 0 atom stereocenters. The van der Waals surface area contributed by atoms with Gasteiger partial charge in [0.2, 0.25) is 0 Å². The Morgan fingerprint density at radius 1 is 1.56 bits per heavy atom. The Kier molecular flexibility index (Phi) is 2.78. The molecule has 0 radical (unpaired) electrons. The van der Waals surface area contributed by atoms with Crippen molar-refractivity contribution in [2.45, 2.75) is 12.5 Å². The molecule has 16 heavy (non-hydrogen) atoms. The van der Waals surface area contributed by atoms with Crippen molar-refractivity contribution in [2.24, 2.45) is 0 Å². The normalized spacial score (nSPS) is 17.4. The van der Waals surface area contributed by atoms with Gasteiger partial charge >= 0.3 is 0 Å². The maximum atomic E-state index is 11.3. The second kappa shape index (κ2) is 4.09. The van der Waals surface area contributed by atoms with E-state index < -0.39 is 0 Å². The number of carbonyl (C=O) groups excluding carboxylic acids is 1. The van der Waals surface area contributed by atoms with Crippen LogP contribution in [0.5, 0.6) is 5.75 Å². The van der Waals surface area contributed by atoms with E-state index >= 15 is 0 Å².